The third-order valence-electron chi connectivity index (χ3n) is 3.42. The summed E-state index contributed by atoms with van der Waals surface area (Å²) in [7, 11) is 0. The number of anilines is 1. The topological polar surface area (TPSA) is 40.7 Å². The van der Waals surface area contributed by atoms with E-state index in [0.29, 0.717) is 0 Å². The van der Waals surface area contributed by atoms with Crippen LogP contribution in [0.4, 0.5) is 5.69 Å². The van der Waals surface area contributed by atoms with Gasteiger partial charge in [-0.25, -0.2) is 4.98 Å². The normalized spacial score (nSPS) is 16.3. The lowest BCUT2D eigenvalue weighted by molar-refractivity contribution is 0.333. The summed E-state index contributed by atoms with van der Waals surface area (Å²) in [5.74, 6) is 1.87. The minimum atomic E-state index is 0.888. The van der Waals surface area contributed by atoms with Crippen molar-refractivity contribution < 1.29 is 0 Å². The van der Waals surface area contributed by atoms with Crippen molar-refractivity contribution in [2.45, 2.75) is 26.2 Å². The minimum absolute atomic E-state index is 0.888. The third kappa shape index (κ3) is 1.77. The molecule has 1 aliphatic rings. The Balaban J connectivity index is 1.75. The van der Waals surface area contributed by atoms with Crippen molar-refractivity contribution in [1.29, 1.82) is 0 Å². The number of fused-ring (bicyclic) bond motifs is 1. The molecule has 1 aliphatic carbocycles. The van der Waals surface area contributed by atoms with E-state index in [0.717, 1.165) is 29.3 Å². The van der Waals surface area contributed by atoms with Crippen LogP contribution in [-0.4, -0.2) is 16.5 Å². The molecule has 1 aromatic heterocycles. The summed E-state index contributed by atoms with van der Waals surface area (Å²) in [4.78, 5) is 7.66. The van der Waals surface area contributed by atoms with Gasteiger partial charge in [0.15, 0.2) is 0 Å². The van der Waals surface area contributed by atoms with Crippen molar-refractivity contribution in [3.8, 4) is 0 Å². The molecular weight excluding hydrogens is 198 g/mol. The molecule has 0 aliphatic heterocycles. The van der Waals surface area contributed by atoms with Gasteiger partial charge in [-0.1, -0.05) is 6.42 Å². The van der Waals surface area contributed by atoms with Gasteiger partial charge >= 0.3 is 0 Å². The molecule has 0 amide bonds. The van der Waals surface area contributed by atoms with Crippen LogP contribution < -0.4 is 5.32 Å². The van der Waals surface area contributed by atoms with Crippen molar-refractivity contribution in [2.75, 3.05) is 11.9 Å². The molecule has 0 atom stereocenters. The summed E-state index contributed by atoms with van der Waals surface area (Å²) in [6.45, 7) is 3.10. The predicted octanol–water partition coefficient (Wildman–Crippen LogP) is 3.08. The number of nitrogens with zero attached hydrogens (tertiary/aromatic N) is 1. The zero-order valence-corrected chi connectivity index (χ0v) is 9.59. The van der Waals surface area contributed by atoms with Gasteiger partial charge in [-0.05, 0) is 43.9 Å². The Labute approximate surface area is 95.3 Å². The number of imidazole rings is 1. The summed E-state index contributed by atoms with van der Waals surface area (Å²) in [6, 6.07) is 6.33. The van der Waals surface area contributed by atoms with E-state index in [-0.39, 0.29) is 0 Å². The number of hydrogen-bond donors (Lipinski definition) is 2. The number of H-pyrrole nitrogens is 1. The average molecular weight is 215 g/mol. The molecule has 1 saturated carbocycles. The Morgan fingerprint density at radius 1 is 1.44 bits per heavy atom. The molecule has 2 aromatic rings. The molecule has 3 heteroatoms. The van der Waals surface area contributed by atoms with Crippen molar-refractivity contribution in [2.24, 2.45) is 5.92 Å². The van der Waals surface area contributed by atoms with E-state index in [9.17, 15) is 0 Å². The first kappa shape index (κ1) is 9.70. The molecule has 2 N–H and O–H groups in total. The molecule has 0 bridgehead atoms. The number of hydrogen-bond acceptors (Lipinski definition) is 2. The van der Waals surface area contributed by atoms with Crippen LogP contribution in [0.5, 0.6) is 0 Å². The highest BCUT2D eigenvalue weighted by Crippen LogP contribution is 2.26. The SMILES string of the molecule is Cc1nc2ccc(NCC3CCC3)cc2[nH]1. The molecule has 3 rings (SSSR count). The Morgan fingerprint density at radius 2 is 2.31 bits per heavy atom. The highest BCUT2D eigenvalue weighted by Gasteiger charge is 2.16. The maximum Gasteiger partial charge on any atom is 0.104 e. The van der Waals surface area contributed by atoms with E-state index >= 15 is 0 Å². The number of nitrogens with one attached hydrogen (secondary N) is 2. The minimum Gasteiger partial charge on any atom is -0.385 e. The van der Waals surface area contributed by atoms with Gasteiger partial charge in [-0.15, -0.1) is 0 Å². The van der Waals surface area contributed by atoms with E-state index in [2.05, 4.69) is 33.5 Å². The first-order chi connectivity index (χ1) is 7.81. The molecule has 84 valence electrons. The lowest BCUT2D eigenvalue weighted by Gasteiger charge is -2.25. The summed E-state index contributed by atoms with van der Waals surface area (Å²) in [5, 5.41) is 3.50. The van der Waals surface area contributed by atoms with Gasteiger partial charge in [0.05, 0.1) is 11.0 Å². The molecule has 0 radical (unpaired) electrons. The second-order valence-corrected chi connectivity index (χ2v) is 4.73. The molecule has 1 heterocycles. The zero-order chi connectivity index (χ0) is 11.0. The fraction of sp³-hybridized carbons (Fsp3) is 0.462. The molecular formula is C13H17N3. The Hall–Kier alpha value is -1.51. The molecule has 1 fully saturated rings. The maximum absolute atomic E-state index is 4.39. The third-order valence-corrected chi connectivity index (χ3v) is 3.42. The van der Waals surface area contributed by atoms with Crippen LogP contribution in [0.1, 0.15) is 25.1 Å². The quantitative estimate of drug-likeness (QED) is 0.826. The van der Waals surface area contributed by atoms with E-state index in [1.54, 1.807) is 0 Å². The van der Waals surface area contributed by atoms with Gasteiger partial charge in [-0.3, -0.25) is 0 Å². The van der Waals surface area contributed by atoms with E-state index in [4.69, 9.17) is 0 Å². The number of aromatic nitrogens is 2. The summed E-state index contributed by atoms with van der Waals surface area (Å²) in [6.07, 6.45) is 4.18. The fourth-order valence-corrected chi connectivity index (χ4v) is 2.21. The number of aryl methyl sites for hydroxylation is 1. The van der Waals surface area contributed by atoms with Gasteiger partial charge in [0.1, 0.15) is 5.82 Å². The smallest absolute Gasteiger partial charge is 0.104 e. The first-order valence-electron chi connectivity index (χ1n) is 6.01. The lowest BCUT2D eigenvalue weighted by atomic mass is 9.85. The number of benzene rings is 1. The fourth-order valence-electron chi connectivity index (χ4n) is 2.21. The number of rotatable bonds is 3. The van der Waals surface area contributed by atoms with Crippen LogP contribution in [0.3, 0.4) is 0 Å². The number of aromatic amines is 1. The molecule has 16 heavy (non-hydrogen) atoms. The molecule has 3 nitrogen and oxygen atoms in total. The van der Waals surface area contributed by atoms with Crippen LogP contribution >= 0.6 is 0 Å². The Bertz CT molecular complexity index is 497. The average Bonchev–Trinajstić information content (AvgIpc) is 2.55. The summed E-state index contributed by atoms with van der Waals surface area (Å²) >= 11 is 0. The van der Waals surface area contributed by atoms with Gasteiger partial charge in [-0.2, -0.15) is 0 Å². The molecule has 1 aromatic carbocycles. The van der Waals surface area contributed by atoms with Crippen molar-refractivity contribution in [3.05, 3.63) is 24.0 Å². The monoisotopic (exact) mass is 215 g/mol. The van der Waals surface area contributed by atoms with Crippen molar-refractivity contribution >= 4 is 16.7 Å². The van der Waals surface area contributed by atoms with Gasteiger partial charge < -0.3 is 10.3 Å². The van der Waals surface area contributed by atoms with E-state index < -0.39 is 0 Å². The van der Waals surface area contributed by atoms with Gasteiger partial charge in [0.25, 0.3) is 0 Å². The molecule has 0 unspecified atom stereocenters. The lowest BCUT2D eigenvalue weighted by Crippen LogP contribution is -2.20. The Morgan fingerprint density at radius 3 is 3.06 bits per heavy atom. The standard InChI is InChI=1S/C13H17N3/c1-9-15-12-6-5-11(7-13(12)16-9)14-8-10-3-2-4-10/h5-7,10,14H,2-4,8H2,1H3,(H,15,16). The van der Waals surface area contributed by atoms with Crippen molar-refractivity contribution in [1.82, 2.24) is 9.97 Å². The molecule has 0 spiro atoms. The summed E-state index contributed by atoms with van der Waals surface area (Å²) < 4.78 is 0. The van der Waals surface area contributed by atoms with E-state index in [1.807, 2.05) is 6.92 Å². The highest BCUT2D eigenvalue weighted by molar-refractivity contribution is 5.79. The maximum atomic E-state index is 4.39. The highest BCUT2D eigenvalue weighted by atomic mass is 14.9. The summed E-state index contributed by atoms with van der Waals surface area (Å²) in [5.41, 5.74) is 3.37. The first-order valence-corrected chi connectivity index (χ1v) is 6.01. The van der Waals surface area contributed by atoms with Crippen LogP contribution in [0.15, 0.2) is 18.2 Å². The van der Waals surface area contributed by atoms with Gasteiger partial charge in [0, 0.05) is 12.2 Å². The predicted molar refractivity (Wildman–Crippen MR) is 66.7 cm³/mol. The van der Waals surface area contributed by atoms with Crippen LogP contribution in [0.25, 0.3) is 11.0 Å². The van der Waals surface area contributed by atoms with Crippen LogP contribution in [0.2, 0.25) is 0 Å². The zero-order valence-electron chi connectivity index (χ0n) is 9.59. The largest absolute Gasteiger partial charge is 0.385 e. The van der Waals surface area contributed by atoms with Crippen LogP contribution in [0, 0.1) is 12.8 Å². The van der Waals surface area contributed by atoms with E-state index in [1.165, 1.54) is 24.9 Å². The molecule has 0 saturated heterocycles. The second-order valence-electron chi connectivity index (χ2n) is 4.73. The van der Waals surface area contributed by atoms with Crippen molar-refractivity contribution in [3.63, 3.8) is 0 Å². The van der Waals surface area contributed by atoms with Gasteiger partial charge in [0.2, 0.25) is 0 Å². The van der Waals surface area contributed by atoms with Crippen LogP contribution in [-0.2, 0) is 0 Å². The Kier molecular flexibility index (Phi) is 2.31. The second kappa shape index (κ2) is 3.81.